The lowest BCUT2D eigenvalue weighted by Gasteiger charge is -2.16. The summed E-state index contributed by atoms with van der Waals surface area (Å²) in [6.45, 7) is 36.5. The van der Waals surface area contributed by atoms with E-state index in [1.54, 1.807) is 52.7 Å². The maximum atomic E-state index is 13.1. The van der Waals surface area contributed by atoms with E-state index >= 15 is 0 Å². The lowest BCUT2D eigenvalue weighted by atomic mass is 10.0. The van der Waals surface area contributed by atoms with Crippen LogP contribution in [0, 0.1) is 41.5 Å². The van der Waals surface area contributed by atoms with Gasteiger partial charge in [-0.3, -0.25) is 28.8 Å². The van der Waals surface area contributed by atoms with Gasteiger partial charge in [0.1, 0.15) is 48.6 Å². The average Bonchev–Trinajstić information content (AvgIpc) is 1.62. The molecule has 726 valence electrons. The third kappa shape index (κ3) is 25.3. The number of benzene rings is 12. The van der Waals surface area contributed by atoms with Crippen LogP contribution >= 0.6 is 54.5 Å². The topological polar surface area (TPSA) is 286 Å². The first-order valence-corrected chi connectivity index (χ1v) is 61.6. The van der Waals surface area contributed by atoms with Gasteiger partial charge in [0.2, 0.25) is 0 Å². The number of aryl methyl sites for hydroxylation is 6. The summed E-state index contributed by atoms with van der Waals surface area (Å²) in [5.41, 5.74) is 25.5. The number of amides is 6. The minimum absolute atomic E-state index is 0.113. The first-order valence-electron chi connectivity index (χ1n) is 47.0. The van der Waals surface area contributed by atoms with Crippen molar-refractivity contribution in [3.63, 3.8) is 0 Å². The van der Waals surface area contributed by atoms with Crippen molar-refractivity contribution < 1.29 is 60.9 Å². The van der Waals surface area contributed by atoms with Crippen LogP contribution in [-0.4, -0.2) is 120 Å². The van der Waals surface area contributed by atoms with E-state index in [2.05, 4.69) is 50.1 Å². The molecule has 1 unspecified atom stereocenters. The molecule has 1 atom stereocenters. The fraction of sp³-hybridized carbons (Fsp3) is 0.217. The van der Waals surface area contributed by atoms with Crippen LogP contribution in [0.3, 0.4) is 0 Å². The van der Waals surface area contributed by atoms with Crippen LogP contribution in [0.5, 0.6) is 5.75 Å². The van der Waals surface area contributed by atoms with Crippen LogP contribution in [0.15, 0.2) is 243 Å². The summed E-state index contributed by atoms with van der Waals surface area (Å²) in [5, 5.41) is 22.7. The van der Waals surface area contributed by atoms with Crippen LogP contribution in [0.2, 0.25) is 5.02 Å². The second kappa shape index (κ2) is 44.3. The third-order valence-electron chi connectivity index (χ3n) is 25.2. The predicted octanol–water partition coefficient (Wildman–Crippen LogP) is 25.4. The SMILES string of the molecule is CCOc1cccc(C=C2C(=O)Nc3ccc(P(=O)(CC)CC)cc32)c1.CCP(=O)(CC)c1ccc2c(c1)C(=Cc1cccc(Cl)c1)C(=O)N2.CCP(C)(=O)c1cc(C)cc2c1NC(=O)C2=Cc1ccc(C)cc1.CP(C)(=O)c1ccc2c(c1)NC(=O)C2=Cc1ccccc1.Cc1cc(C)cc(C=C2C(=O)Nc3cc(P(C)(C)=O)ccc32)c1.Cc1cccc(C=C2C(=O)Nc3cc(C)cc(P(C)(C)=O)c32)c1. The van der Waals surface area contributed by atoms with Crippen molar-refractivity contribution in [3.05, 3.63) is 348 Å². The molecule has 0 saturated carbocycles. The molecule has 19 nitrogen and oxygen atoms in total. The Morgan fingerprint density at radius 2 is 0.667 bits per heavy atom. The van der Waals surface area contributed by atoms with Crippen LogP contribution in [-0.2, 0) is 56.2 Å². The van der Waals surface area contributed by atoms with Gasteiger partial charge in [-0.15, -0.1) is 0 Å². The van der Waals surface area contributed by atoms with Gasteiger partial charge in [-0.1, -0.05) is 214 Å². The lowest BCUT2D eigenvalue weighted by molar-refractivity contribution is -0.111. The van der Waals surface area contributed by atoms with Gasteiger partial charge in [0.15, 0.2) is 0 Å². The zero-order valence-electron chi connectivity index (χ0n) is 83.2. The first kappa shape index (κ1) is 106. The van der Waals surface area contributed by atoms with E-state index in [1.165, 1.54) is 16.7 Å². The molecule has 6 N–H and O–H groups in total. The summed E-state index contributed by atoms with van der Waals surface area (Å²) in [6.07, 6.45) is 14.3. The second-order valence-corrected chi connectivity index (χ2v) is 57.6. The molecule has 6 aliphatic rings. The molecule has 141 heavy (non-hydrogen) atoms. The minimum atomic E-state index is -2.50. The summed E-state index contributed by atoms with van der Waals surface area (Å²) in [4.78, 5) is 74.2. The molecule has 0 aliphatic carbocycles. The molecule has 0 aromatic heterocycles. The van der Waals surface area contributed by atoms with E-state index in [0.717, 1.165) is 155 Å². The van der Waals surface area contributed by atoms with Crippen LogP contribution in [0.4, 0.5) is 34.1 Å². The highest BCUT2D eigenvalue weighted by molar-refractivity contribution is 7.72. The smallest absolute Gasteiger partial charge is 0.256 e. The molecule has 26 heteroatoms. The molecule has 0 fully saturated rings. The minimum Gasteiger partial charge on any atom is -0.494 e. The fourth-order valence-corrected chi connectivity index (χ4v) is 25.8. The van der Waals surface area contributed by atoms with E-state index in [9.17, 15) is 56.2 Å². The highest BCUT2D eigenvalue weighted by atomic mass is 35.5. The maximum absolute atomic E-state index is 13.1. The van der Waals surface area contributed by atoms with Gasteiger partial charge in [-0.2, -0.15) is 0 Å². The standard InChI is InChI=1S/C21H24NO3P.C20H22NO2P.C19H19ClNO2P.2C19H20NO2P.C17H16NO2P/c1-4-25-16-9-7-8-15(12-16)13-19-18-14-17(26(24,5-2)6-3)10-11-20(18)22-21(19)23;1-5-24(4,23)18-11-14(3)10-16-17(20(22)21-19(16)18)12-15-8-6-13(2)7-9-15;1-3-24(23,4-2)15-8-9-18-16(12-15)17(19(22)21-18)11-13-6-5-7-14(20)10-13;1-12-7-13(2)9-14(8-12)10-17-16-6-5-15(23(3,4)22)11-18(16)20-19(17)21;1-12-6-5-7-14(8-12)11-15-18-16(20-19(15)21)9-13(2)10-17(18)23(3,4)22;1-21(2,20)13-8-9-14-15(17(19)18-16(14)11-13)10-12-6-4-3-5-7-12/h7-14H,4-6H2,1-3H3,(H,22,23);6-12H,5H2,1-4H3,(H,21,22);5-12H,3-4H2,1-2H3,(H,21,22);2*5-11H,1-4H3,(H,20,21);3-11H,1-2H3,(H,18,19). The number of fused-ring (bicyclic) bond motifs is 6. The van der Waals surface area contributed by atoms with Crippen molar-refractivity contribution in [3.8, 4) is 5.75 Å². The van der Waals surface area contributed by atoms with Gasteiger partial charge in [0.05, 0.1) is 23.6 Å². The van der Waals surface area contributed by atoms with Gasteiger partial charge in [0, 0.05) is 152 Å². The Balaban J connectivity index is 0.000000142. The maximum Gasteiger partial charge on any atom is 0.256 e. The van der Waals surface area contributed by atoms with Crippen LogP contribution in [0.25, 0.3) is 69.9 Å². The number of hydrogen-bond donors (Lipinski definition) is 6. The summed E-state index contributed by atoms with van der Waals surface area (Å²) >= 11 is 6.02. The third-order valence-corrected chi connectivity index (χ3v) is 39.1. The number of anilines is 6. The lowest BCUT2D eigenvalue weighted by Crippen LogP contribution is -2.14. The fourth-order valence-electron chi connectivity index (χ4n) is 17.3. The number of carbonyl (C=O) groups is 6. The van der Waals surface area contributed by atoms with E-state index in [1.807, 2.05) is 338 Å². The zero-order valence-corrected chi connectivity index (χ0v) is 89.3. The van der Waals surface area contributed by atoms with Gasteiger partial charge in [-0.05, 0) is 273 Å². The monoisotopic (exact) mass is 2010 g/mol. The van der Waals surface area contributed by atoms with Crippen LogP contribution in [0.1, 0.15) is 142 Å². The number of carbonyl (C=O) groups excluding carboxylic acids is 6. The molecule has 0 saturated heterocycles. The second-order valence-electron chi connectivity index (χ2n) is 37.1. The summed E-state index contributed by atoms with van der Waals surface area (Å²) < 4.78 is 81.6. The largest absolute Gasteiger partial charge is 0.494 e. The van der Waals surface area contributed by atoms with E-state index in [4.69, 9.17) is 16.3 Å². The molecular weight excluding hydrogens is 1890 g/mol. The number of hydrogen-bond acceptors (Lipinski definition) is 13. The van der Waals surface area contributed by atoms with Gasteiger partial charge < -0.3 is 64.0 Å². The molecule has 6 aliphatic heterocycles. The highest BCUT2D eigenvalue weighted by Crippen LogP contribution is 2.51. The van der Waals surface area contributed by atoms with Gasteiger partial charge in [0.25, 0.3) is 35.4 Å². The molecule has 0 spiro atoms. The van der Waals surface area contributed by atoms with Gasteiger partial charge in [-0.25, -0.2) is 0 Å². The highest BCUT2D eigenvalue weighted by Gasteiger charge is 2.37. The van der Waals surface area contributed by atoms with Crippen molar-refractivity contribution in [2.45, 2.75) is 83.1 Å². The van der Waals surface area contributed by atoms with E-state index < -0.39 is 42.9 Å². The van der Waals surface area contributed by atoms with Crippen molar-refractivity contribution in [2.24, 2.45) is 0 Å². The van der Waals surface area contributed by atoms with Gasteiger partial charge >= 0.3 is 0 Å². The Morgan fingerprint density at radius 3 is 1.15 bits per heavy atom. The molecule has 6 heterocycles. The number of halogens is 1. The number of ether oxygens (including phenoxy) is 1. The van der Waals surface area contributed by atoms with E-state index in [0.29, 0.717) is 75.9 Å². The Labute approximate surface area is 833 Å². The van der Waals surface area contributed by atoms with Crippen LogP contribution < -0.4 is 68.5 Å². The van der Waals surface area contributed by atoms with Crippen molar-refractivity contribution in [2.75, 3.05) is 116 Å². The summed E-state index contributed by atoms with van der Waals surface area (Å²) in [6, 6.07) is 77.2. The molecule has 0 radical (unpaired) electrons. The van der Waals surface area contributed by atoms with E-state index in [-0.39, 0.29) is 35.4 Å². The molecule has 18 rings (SSSR count). The number of nitrogens with one attached hydrogen (secondary N) is 6. The normalized spacial score (nSPS) is 15.9. The Hall–Kier alpha value is -12.6. The molecule has 0 bridgehead atoms. The molecular formula is C115H121ClN6O13P6. The summed E-state index contributed by atoms with van der Waals surface area (Å²) in [7, 11) is -14.4. The Bertz CT molecular complexity index is 7520. The molecule has 12 aromatic rings. The Morgan fingerprint density at radius 1 is 0.277 bits per heavy atom. The average molecular weight is 2020 g/mol. The zero-order chi connectivity index (χ0) is 102. The van der Waals surface area contributed by atoms with Crippen molar-refractivity contribution >= 4 is 226 Å². The number of rotatable bonds is 19. The van der Waals surface area contributed by atoms with Crippen molar-refractivity contribution in [1.82, 2.24) is 0 Å². The molecule has 6 amide bonds. The Kier molecular flexibility index (Phi) is 33.2. The first-order chi connectivity index (χ1) is 66.7. The molecule has 12 aromatic carbocycles. The van der Waals surface area contributed by atoms with Crippen molar-refractivity contribution in [1.29, 1.82) is 0 Å². The summed E-state index contributed by atoms with van der Waals surface area (Å²) in [5.74, 6) is -0.0100. The quantitative estimate of drug-likeness (QED) is 0.0325. The predicted molar refractivity (Wildman–Crippen MR) is 599 cm³/mol.